The van der Waals surface area contributed by atoms with E-state index in [0.717, 1.165) is 11.1 Å². The van der Waals surface area contributed by atoms with Gasteiger partial charge in [-0.05, 0) is 64.2 Å². The van der Waals surface area contributed by atoms with E-state index < -0.39 is 0 Å². The Kier molecular flexibility index (Phi) is 14.9. The van der Waals surface area contributed by atoms with E-state index in [4.69, 9.17) is 6.58 Å². The van der Waals surface area contributed by atoms with E-state index in [9.17, 15) is 0 Å². The third kappa shape index (κ3) is 11.0. The molecule has 1 aromatic carbocycles. The molecule has 3 rings (SSSR count). The summed E-state index contributed by atoms with van der Waals surface area (Å²) in [6, 6.07) is 10.1. The average Bonchev–Trinajstić information content (AvgIpc) is 3.26. The maximum absolute atomic E-state index is 5.21. The first-order valence-electron chi connectivity index (χ1n) is 6.87. The zero-order valence-corrected chi connectivity index (χ0v) is 14.4. The van der Waals surface area contributed by atoms with Gasteiger partial charge in [-0.3, -0.25) is 0 Å². The molecule has 108 valence electrons. The van der Waals surface area contributed by atoms with Crippen molar-refractivity contribution in [3.63, 3.8) is 0 Å². The maximum atomic E-state index is 5.21. The van der Waals surface area contributed by atoms with Crippen molar-refractivity contribution in [2.24, 2.45) is 0 Å². The molecule has 0 aromatic heterocycles. The van der Waals surface area contributed by atoms with Crippen LogP contribution in [0.5, 0.6) is 0 Å². The monoisotopic (exact) mass is 320 g/mol. The van der Waals surface area contributed by atoms with Crippen LogP contribution in [0.25, 0.3) is 5.57 Å². The minimum atomic E-state index is 0. The van der Waals surface area contributed by atoms with Crippen LogP contribution < -0.4 is 0 Å². The third-order valence-corrected chi connectivity index (χ3v) is 2.62. The summed E-state index contributed by atoms with van der Waals surface area (Å²) >= 11 is 0. The minimum absolute atomic E-state index is 0. The average molecular weight is 320 g/mol. The molecule has 2 saturated carbocycles. The van der Waals surface area contributed by atoms with Crippen LogP contribution in [0.2, 0.25) is 0 Å². The molecule has 22 heavy (non-hydrogen) atoms. The van der Waals surface area contributed by atoms with Gasteiger partial charge in [-0.2, -0.15) is 0 Å². The molecule has 0 spiro atoms. The zero-order chi connectivity index (χ0) is 15.2. The van der Waals surface area contributed by atoms with Gasteiger partial charge in [0.15, 0.2) is 0 Å². The van der Waals surface area contributed by atoms with Gasteiger partial charge < -0.3 is 18.7 Å². The first-order chi connectivity index (χ1) is 10.3. The zero-order valence-electron chi connectivity index (χ0n) is 12.8. The molecule has 0 aliphatic heterocycles. The number of allylic oxidation sites excluding steroid dienone is 3. The molecule has 2 aliphatic rings. The summed E-state index contributed by atoms with van der Waals surface area (Å²) < 4.78 is 0. The third-order valence-electron chi connectivity index (χ3n) is 2.62. The molecule has 1 aromatic rings. The summed E-state index contributed by atoms with van der Waals surface area (Å²) in [5.74, 6) is 0. The standard InChI is InChI=1S/C11H10.2C5H5.Ti/c1-3-7-10(2)11-8-5-4-6-9-11;2*1-2-4-5-3-1;/h1,3-6,8-9H,2H3;2*1-5H;/q-2;;;+2. The molecule has 0 N–H and O–H groups in total. The largest absolute Gasteiger partial charge is 2.00 e. The van der Waals surface area contributed by atoms with Crippen LogP contribution in [0.15, 0.2) is 36.4 Å². The molecular formula is C21H20Ti. The van der Waals surface area contributed by atoms with E-state index >= 15 is 0 Å². The van der Waals surface area contributed by atoms with Gasteiger partial charge in [-0.15, -0.1) is 0 Å². The Morgan fingerprint density at radius 1 is 0.773 bits per heavy atom. The Bertz CT molecular complexity index is 358. The van der Waals surface area contributed by atoms with Gasteiger partial charge in [-0.1, -0.05) is 42.8 Å². The van der Waals surface area contributed by atoms with Crippen molar-refractivity contribution < 1.29 is 21.7 Å². The molecule has 0 amide bonds. The van der Waals surface area contributed by atoms with Crippen LogP contribution in [0.1, 0.15) is 12.5 Å². The van der Waals surface area contributed by atoms with Crippen LogP contribution in [-0.2, 0) is 21.7 Å². The fourth-order valence-electron chi connectivity index (χ4n) is 1.54. The van der Waals surface area contributed by atoms with Crippen molar-refractivity contribution >= 4 is 5.57 Å². The van der Waals surface area contributed by atoms with Crippen LogP contribution in [0.3, 0.4) is 0 Å². The van der Waals surface area contributed by atoms with Crippen LogP contribution >= 0.6 is 0 Å². The number of rotatable bonds is 2. The Morgan fingerprint density at radius 2 is 1.14 bits per heavy atom. The summed E-state index contributed by atoms with van der Waals surface area (Å²) in [6.07, 6.45) is 24.4. The summed E-state index contributed by atoms with van der Waals surface area (Å²) in [5, 5.41) is 0. The molecule has 0 unspecified atom stereocenters. The molecule has 2 fully saturated rings. The molecule has 1 heteroatoms. The van der Waals surface area contributed by atoms with Crippen molar-refractivity contribution in [1.29, 1.82) is 0 Å². The van der Waals surface area contributed by atoms with Gasteiger partial charge in [-0.25, -0.2) is 5.57 Å². The number of hydrogen-bond acceptors (Lipinski definition) is 0. The van der Waals surface area contributed by atoms with E-state index in [-0.39, 0.29) is 21.7 Å². The normalized spacial score (nSPS) is 16.5. The Hall–Kier alpha value is -0.586. The second kappa shape index (κ2) is 15.3. The van der Waals surface area contributed by atoms with Gasteiger partial charge >= 0.3 is 21.7 Å². The van der Waals surface area contributed by atoms with Gasteiger partial charge in [0.2, 0.25) is 0 Å². The van der Waals surface area contributed by atoms with Crippen molar-refractivity contribution in [3.05, 3.63) is 119 Å². The van der Waals surface area contributed by atoms with Crippen LogP contribution in [0, 0.1) is 76.9 Å². The van der Waals surface area contributed by atoms with Crippen molar-refractivity contribution in [2.75, 3.05) is 0 Å². The fraction of sp³-hybridized carbons (Fsp3) is 0.0476. The number of hydrogen-bond donors (Lipinski definition) is 0. The van der Waals surface area contributed by atoms with Gasteiger partial charge in [0.05, 0.1) is 0 Å². The first kappa shape index (κ1) is 21.4. The molecule has 0 nitrogen and oxygen atoms in total. The van der Waals surface area contributed by atoms with E-state index in [1.807, 2.05) is 101 Å². The summed E-state index contributed by atoms with van der Waals surface area (Å²) in [4.78, 5) is 0. The van der Waals surface area contributed by atoms with Crippen molar-refractivity contribution in [2.45, 2.75) is 6.92 Å². The number of benzene rings is 1. The second-order valence-corrected chi connectivity index (χ2v) is 4.23. The molecule has 0 saturated heterocycles. The van der Waals surface area contributed by atoms with Gasteiger partial charge in [0, 0.05) is 0 Å². The van der Waals surface area contributed by atoms with E-state index in [1.165, 1.54) is 6.08 Å². The molecular weight excluding hydrogens is 300 g/mol. The van der Waals surface area contributed by atoms with Crippen LogP contribution in [-0.4, -0.2) is 0 Å². The Labute approximate surface area is 153 Å². The summed E-state index contributed by atoms with van der Waals surface area (Å²) in [7, 11) is 0. The minimum Gasteiger partial charge on any atom is -0.550 e. The van der Waals surface area contributed by atoms with Crippen LogP contribution in [0.4, 0.5) is 0 Å². The topological polar surface area (TPSA) is 0 Å². The maximum Gasteiger partial charge on any atom is 2.00 e. The SMILES string of the molecule is [CH-]=C[C-]=C(C)c1ccccc1.[CH]1[CH][CH][CH][CH]1.[CH]1[CH][CH][CH][CH]1.[Ti+2]. The second-order valence-electron chi connectivity index (χ2n) is 4.23. The molecule has 0 bridgehead atoms. The van der Waals surface area contributed by atoms with E-state index in [1.54, 1.807) is 0 Å². The Morgan fingerprint density at radius 3 is 1.45 bits per heavy atom. The van der Waals surface area contributed by atoms with Crippen molar-refractivity contribution in [1.82, 2.24) is 0 Å². The summed E-state index contributed by atoms with van der Waals surface area (Å²) in [5.41, 5.74) is 2.22. The first-order valence-corrected chi connectivity index (χ1v) is 6.87. The fourth-order valence-corrected chi connectivity index (χ4v) is 1.54. The van der Waals surface area contributed by atoms with Gasteiger partial charge in [0.1, 0.15) is 0 Å². The molecule has 0 atom stereocenters. The van der Waals surface area contributed by atoms with Crippen molar-refractivity contribution in [3.8, 4) is 0 Å². The quantitative estimate of drug-likeness (QED) is 0.412. The predicted molar refractivity (Wildman–Crippen MR) is 90.6 cm³/mol. The predicted octanol–water partition coefficient (Wildman–Crippen LogP) is 4.92. The van der Waals surface area contributed by atoms with E-state index in [0.29, 0.717) is 0 Å². The Balaban J connectivity index is 0.000000334. The summed E-state index contributed by atoms with van der Waals surface area (Å²) in [6.45, 7) is 7.19. The van der Waals surface area contributed by atoms with E-state index in [2.05, 4.69) is 6.08 Å². The molecule has 2 aliphatic carbocycles. The molecule has 10 radical (unpaired) electrons. The molecule has 0 heterocycles. The smallest absolute Gasteiger partial charge is 0.550 e. The van der Waals surface area contributed by atoms with Gasteiger partial charge in [0.25, 0.3) is 0 Å².